The molecule has 2 unspecified atom stereocenters. The van der Waals surface area contributed by atoms with Gasteiger partial charge in [-0.25, -0.2) is 0 Å². The highest BCUT2D eigenvalue weighted by molar-refractivity contribution is 5.08. The zero-order chi connectivity index (χ0) is 7.84. The summed E-state index contributed by atoms with van der Waals surface area (Å²) in [6, 6.07) is 2.37. The van der Waals surface area contributed by atoms with Crippen LogP contribution in [-0.2, 0) is 0 Å². The highest BCUT2D eigenvalue weighted by atomic mass is 15.2. The monoisotopic (exact) mass is 151 g/mol. The Kier molecular flexibility index (Phi) is 1.76. The molecule has 2 atom stereocenters. The smallest absolute Gasteiger partial charge is 0.0284 e. The van der Waals surface area contributed by atoms with E-state index in [0.717, 1.165) is 18.1 Å². The summed E-state index contributed by atoms with van der Waals surface area (Å²) in [4.78, 5) is 2.67. The van der Waals surface area contributed by atoms with Gasteiger partial charge < -0.3 is 0 Å². The summed E-state index contributed by atoms with van der Waals surface area (Å²) >= 11 is 0. The Morgan fingerprint density at radius 2 is 2.18 bits per heavy atom. The molecule has 11 heavy (non-hydrogen) atoms. The second-order valence-corrected chi connectivity index (χ2v) is 4.00. The zero-order valence-electron chi connectivity index (χ0n) is 7.46. The third-order valence-corrected chi connectivity index (χ3v) is 2.96. The molecular weight excluding hydrogens is 134 g/mol. The molecular formula is C10H17N. The Labute approximate surface area is 69.1 Å². The third-order valence-electron chi connectivity index (χ3n) is 2.96. The predicted octanol–water partition coefficient (Wildman–Crippen LogP) is 2.19. The van der Waals surface area contributed by atoms with Gasteiger partial charge >= 0.3 is 0 Å². The fraction of sp³-hybridized carbons (Fsp3) is 0.800. The van der Waals surface area contributed by atoms with Gasteiger partial charge in [0.25, 0.3) is 0 Å². The average molecular weight is 151 g/mol. The second-order valence-electron chi connectivity index (χ2n) is 4.00. The maximum Gasteiger partial charge on any atom is 0.0284 e. The molecule has 2 heterocycles. The van der Waals surface area contributed by atoms with E-state index in [2.05, 4.69) is 30.9 Å². The van der Waals surface area contributed by atoms with Crippen molar-refractivity contribution in [2.45, 2.75) is 51.2 Å². The molecule has 1 nitrogen and oxygen atoms in total. The van der Waals surface area contributed by atoms with Crippen molar-refractivity contribution in [1.29, 1.82) is 0 Å². The minimum atomic E-state index is 0.734. The molecule has 0 radical (unpaired) electrons. The largest absolute Gasteiger partial charge is 0.291 e. The van der Waals surface area contributed by atoms with Gasteiger partial charge in [0.05, 0.1) is 0 Å². The maximum absolute atomic E-state index is 2.67. The van der Waals surface area contributed by atoms with Gasteiger partial charge in [0, 0.05) is 18.1 Å². The molecule has 0 aromatic rings. The molecule has 0 aromatic heterocycles. The van der Waals surface area contributed by atoms with Gasteiger partial charge in [-0.05, 0) is 33.1 Å². The molecule has 0 N–H and O–H groups in total. The SMILES string of the molecule is CC(C)N1C2C=CCC1CC2. The lowest BCUT2D eigenvalue weighted by Gasteiger charge is -2.34. The van der Waals surface area contributed by atoms with Crippen LogP contribution in [0.25, 0.3) is 0 Å². The Hall–Kier alpha value is -0.300. The minimum Gasteiger partial charge on any atom is -0.291 e. The maximum atomic E-state index is 2.67. The van der Waals surface area contributed by atoms with Gasteiger partial charge in [-0.1, -0.05) is 12.2 Å². The third kappa shape index (κ3) is 1.12. The summed E-state index contributed by atoms with van der Waals surface area (Å²) in [5, 5.41) is 0. The highest BCUT2D eigenvalue weighted by Gasteiger charge is 2.34. The molecule has 2 rings (SSSR count). The number of fused-ring (bicyclic) bond motifs is 2. The summed E-state index contributed by atoms with van der Waals surface area (Å²) in [5.41, 5.74) is 0. The van der Waals surface area contributed by atoms with Crippen LogP contribution < -0.4 is 0 Å². The fourth-order valence-electron chi connectivity index (χ4n) is 2.56. The van der Waals surface area contributed by atoms with E-state index in [1.54, 1.807) is 0 Å². The van der Waals surface area contributed by atoms with E-state index in [9.17, 15) is 0 Å². The van der Waals surface area contributed by atoms with Gasteiger partial charge in [0.15, 0.2) is 0 Å². The van der Waals surface area contributed by atoms with E-state index in [1.807, 2.05) is 0 Å². The molecule has 2 aliphatic rings. The highest BCUT2D eigenvalue weighted by Crippen LogP contribution is 2.32. The van der Waals surface area contributed by atoms with Gasteiger partial charge in [-0.15, -0.1) is 0 Å². The van der Waals surface area contributed by atoms with Gasteiger partial charge in [0.1, 0.15) is 0 Å². The molecule has 0 spiro atoms. The number of hydrogen-bond acceptors (Lipinski definition) is 1. The summed E-state index contributed by atoms with van der Waals surface area (Å²) in [7, 11) is 0. The van der Waals surface area contributed by atoms with Crippen LogP contribution in [0.5, 0.6) is 0 Å². The summed E-state index contributed by atoms with van der Waals surface area (Å²) in [5.74, 6) is 0. The predicted molar refractivity (Wildman–Crippen MR) is 47.5 cm³/mol. The van der Waals surface area contributed by atoms with Crippen molar-refractivity contribution in [3.63, 3.8) is 0 Å². The quantitative estimate of drug-likeness (QED) is 0.519. The fourth-order valence-corrected chi connectivity index (χ4v) is 2.56. The molecule has 62 valence electrons. The van der Waals surface area contributed by atoms with Crippen molar-refractivity contribution < 1.29 is 0 Å². The molecule has 0 saturated carbocycles. The lowest BCUT2D eigenvalue weighted by molar-refractivity contribution is 0.163. The first-order valence-electron chi connectivity index (χ1n) is 4.73. The first kappa shape index (κ1) is 7.35. The van der Waals surface area contributed by atoms with Crippen molar-refractivity contribution >= 4 is 0 Å². The first-order chi connectivity index (χ1) is 5.29. The van der Waals surface area contributed by atoms with Gasteiger partial charge in [-0.2, -0.15) is 0 Å². The molecule has 1 heteroatoms. The van der Waals surface area contributed by atoms with Gasteiger partial charge in [-0.3, -0.25) is 4.90 Å². The Morgan fingerprint density at radius 1 is 1.36 bits per heavy atom. The van der Waals surface area contributed by atoms with Crippen LogP contribution in [0.2, 0.25) is 0 Å². The van der Waals surface area contributed by atoms with Crippen LogP contribution in [0.15, 0.2) is 12.2 Å². The van der Waals surface area contributed by atoms with Gasteiger partial charge in [0.2, 0.25) is 0 Å². The lowest BCUT2D eigenvalue weighted by Crippen LogP contribution is -2.42. The first-order valence-corrected chi connectivity index (χ1v) is 4.73. The molecule has 2 aliphatic heterocycles. The minimum absolute atomic E-state index is 0.734. The number of rotatable bonds is 1. The summed E-state index contributed by atoms with van der Waals surface area (Å²) < 4.78 is 0. The van der Waals surface area contributed by atoms with Crippen molar-refractivity contribution in [2.75, 3.05) is 0 Å². The Balaban J connectivity index is 2.17. The molecule has 0 aliphatic carbocycles. The number of nitrogens with zero attached hydrogens (tertiary/aromatic N) is 1. The van der Waals surface area contributed by atoms with E-state index < -0.39 is 0 Å². The molecule has 0 aromatic carbocycles. The topological polar surface area (TPSA) is 3.24 Å². The normalized spacial score (nSPS) is 37.0. The van der Waals surface area contributed by atoms with E-state index in [0.29, 0.717) is 0 Å². The Bertz CT molecular complexity index is 172. The van der Waals surface area contributed by atoms with E-state index in [-0.39, 0.29) is 0 Å². The van der Waals surface area contributed by atoms with Crippen LogP contribution in [-0.4, -0.2) is 23.0 Å². The van der Waals surface area contributed by atoms with Crippen molar-refractivity contribution in [3.05, 3.63) is 12.2 Å². The molecule has 1 fully saturated rings. The molecule has 2 bridgehead atoms. The molecule has 1 saturated heterocycles. The van der Waals surface area contributed by atoms with Crippen LogP contribution in [0.4, 0.5) is 0 Å². The van der Waals surface area contributed by atoms with E-state index in [1.165, 1.54) is 19.3 Å². The number of hydrogen-bond donors (Lipinski definition) is 0. The average Bonchev–Trinajstić information content (AvgIpc) is 2.23. The zero-order valence-corrected chi connectivity index (χ0v) is 7.46. The Morgan fingerprint density at radius 3 is 2.73 bits per heavy atom. The lowest BCUT2D eigenvalue weighted by atomic mass is 10.1. The summed E-state index contributed by atoms with van der Waals surface area (Å²) in [6.07, 6.45) is 8.84. The van der Waals surface area contributed by atoms with Crippen LogP contribution in [0, 0.1) is 0 Å². The van der Waals surface area contributed by atoms with Crippen molar-refractivity contribution in [1.82, 2.24) is 4.90 Å². The van der Waals surface area contributed by atoms with Crippen LogP contribution in [0.1, 0.15) is 33.1 Å². The van der Waals surface area contributed by atoms with Crippen LogP contribution in [0.3, 0.4) is 0 Å². The van der Waals surface area contributed by atoms with Crippen LogP contribution >= 0.6 is 0 Å². The summed E-state index contributed by atoms with van der Waals surface area (Å²) in [6.45, 7) is 4.62. The molecule has 0 amide bonds. The second kappa shape index (κ2) is 2.63. The van der Waals surface area contributed by atoms with Crippen molar-refractivity contribution in [3.8, 4) is 0 Å². The standard InChI is InChI=1S/C10H17N/c1-8(2)11-9-4-3-5-10(11)7-6-9/h3-4,8-10H,5-7H2,1-2H3. The van der Waals surface area contributed by atoms with E-state index >= 15 is 0 Å². The van der Waals surface area contributed by atoms with E-state index in [4.69, 9.17) is 0 Å². The van der Waals surface area contributed by atoms with Crippen molar-refractivity contribution in [2.24, 2.45) is 0 Å².